The number of hydrogen-bond donors (Lipinski definition) is 1. The normalized spacial score (nSPS) is 21.5. The molecule has 0 amide bonds. The molecule has 88 valence electrons. The van der Waals surface area contributed by atoms with E-state index in [2.05, 4.69) is 18.7 Å². The van der Waals surface area contributed by atoms with Crippen LogP contribution < -0.4 is 5.73 Å². The number of ether oxygens (including phenoxy) is 1. The minimum atomic E-state index is 0.323. The number of likely N-dealkylation sites (tertiary alicyclic amines) is 1. The topological polar surface area (TPSA) is 38.5 Å². The summed E-state index contributed by atoms with van der Waals surface area (Å²) in [5.41, 5.74) is 5.61. The minimum Gasteiger partial charge on any atom is -0.393 e. The molecule has 0 bridgehead atoms. The zero-order valence-corrected chi connectivity index (χ0v) is 10.6. The summed E-state index contributed by atoms with van der Waals surface area (Å²) in [5, 5.41) is 0. The van der Waals surface area contributed by atoms with Gasteiger partial charge in [0.15, 0.2) is 0 Å². The maximum Gasteiger partial charge on any atom is 0.0768 e. The molecule has 0 aromatic rings. The highest BCUT2D eigenvalue weighted by Gasteiger charge is 2.20. The van der Waals surface area contributed by atoms with Gasteiger partial charge in [0.25, 0.3) is 0 Å². The molecule has 3 nitrogen and oxygen atoms in total. The number of hydrogen-bond acceptors (Lipinski definition) is 3. The summed E-state index contributed by atoms with van der Waals surface area (Å²) >= 11 is 4.98. The Morgan fingerprint density at radius 3 is 2.60 bits per heavy atom. The quantitative estimate of drug-likeness (QED) is 0.725. The second-order valence-electron chi connectivity index (χ2n) is 4.26. The minimum absolute atomic E-state index is 0.323. The van der Waals surface area contributed by atoms with E-state index in [-0.39, 0.29) is 0 Å². The van der Waals surface area contributed by atoms with E-state index >= 15 is 0 Å². The van der Waals surface area contributed by atoms with Gasteiger partial charge in [-0.1, -0.05) is 19.1 Å². The Labute approximate surface area is 98.0 Å². The Morgan fingerprint density at radius 1 is 1.53 bits per heavy atom. The van der Waals surface area contributed by atoms with Crippen molar-refractivity contribution in [3.05, 3.63) is 0 Å². The SMILES string of the molecule is CCOC1CCN(CC(C)C(N)=S)CC1. The van der Waals surface area contributed by atoms with Gasteiger partial charge in [-0.3, -0.25) is 0 Å². The molecule has 1 aliphatic rings. The molecular weight excluding hydrogens is 208 g/mol. The predicted molar refractivity (Wildman–Crippen MR) is 67.0 cm³/mol. The zero-order valence-electron chi connectivity index (χ0n) is 9.74. The summed E-state index contributed by atoms with van der Waals surface area (Å²) in [6.07, 6.45) is 2.74. The van der Waals surface area contributed by atoms with E-state index in [4.69, 9.17) is 22.7 Å². The molecule has 2 N–H and O–H groups in total. The summed E-state index contributed by atoms with van der Waals surface area (Å²) in [5.74, 6) is 0.323. The highest BCUT2D eigenvalue weighted by atomic mass is 32.1. The van der Waals surface area contributed by atoms with E-state index in [0.717, 1.165) is 39.1 Å². The Hall–Kier alpha value is -0.190. The molecular formula is C11H22N2OS. The maximum atomic E-state index is 5.61. The van der Waals surface area contributed by atoms with Crippen LogP contribution in [-0.4, -0.2) is 42.2 Å². The fourth-order valence-electron chi connectivity index (χ4n) is 1.97. The maximum absolute atomic E-state index is 5.61. The molecule has 4 heteroatoms. The van der Waals surface area contributed by atoms with Gasteiger partial charge in [-0.15, -0.1) is 0 Å². The number of nitrogens with zero attached hydrogens (tertiary/aromatic N) is 1. The van der Waals surface area contributed by atoms with E-state index in [1.54, 1.807) is 0 Å². The van der Waals surface area contributed by atoms with Gasteiger partial charge >= 0.3 is 0 Å². The van der Waals surface area contributed by atoms with Gasteiger partial charge < -0.3 is 15.4 Å². The van der Waals surface area contributed by atoms with Crippen molar-refractivity contribution in [2.45, 2.75) is 32.8 Å². The van der Waals surface area contributed by atoms with Gasteiger partial charge in [0.05, 0.1) is 11.1 Å². The summed E-state index contributed by atoms with van der Waals surface area (Å²) < 4.78 is 5.61. The van der Waals surface area contributed by atoms with Crippen LogP contribution in [0.15, 0.2) is 0 Å². The largest absolute Gasteiger partial charge is 0.393 e. The van der Waals surface area contributed by atoms with Crippen LogP contribution in [0.25, 0.3) is 0 Å². The van der Waals surface area contributed by atoms with Crippen molar-refractivity contribution in [3.63, 3.8) is 0 Å². The van der Waals surface area contributed by atoms with Gasteiger partial charge in [0, 0.05) is 32.2 Å². The molecule has 1 saturated heterocycles. The monoisotopic (exact) mass is 230 g/mol. The van der Waals surface area contributed by atoms with Crippen LogP contribution >= 0.6 is 12.2 Å². The van der Waals surface area contributed by atoms with Gasteiger partial charge in [-0.05, 0) is 19.8 Å². The Kier molecular flexibility index (Phi) is 5.50. The average molecular weight is 230 g/mol. The van der Waals surface area contributed by atoms with E-state index in [1.165, 1.54) is 0 Å². The number of nitrogens with two attached hydrogens (primary N) is 1. The molecule has 1 rings (SSSR count). The van der Waals surface area contributed by atoms with E-state index in [1.807, 2.05) is 0 Å². The lowest BCUT2D eigenvalue weighted by Crippen LogP contribution is -2.41. The van der Waals surface area contributed by atoms with Crippen molar-refractivity contribution < 1.29 is 4.74 Å². The lowest BCUT2D eigenvalue weighted by atomic mass is 10.1. The van der Waals surface area contributed by atoms with Gasteiger partial charge in [-0.25, -0.2) is 0 Å². The summed E-state index contributed by atoms with van der Waals surface area (Å²) in [6, 6.07) is 0. The summed E-state index contributed by atoms with van der Waals surface area (Å²) in [7, 11) is 0. The van der Waals surface area contributed by atoms with Crippen LogP contribution in [0.2, 0.25) is 0 Å². The number of thiocarbonyl (C=S) groups is 1. The smallest absolute Gasteiger partial charge is 0.0768 e. The third-order valence-corrected chi connectivity index (χ3v) is 3.36. The van der Waals surface area contributed by atoms with Crippen molar-refractivity contribution in [2.24, 2.45) is 11.7 Å². The molecule has 15 heavy (non-hydrogen) atoms. The first-order chi connectivity index (χ1) is 7.13. The van der Waals surface area contributed by atoms with Crippen molar-refractivity contribution in [2.75, 3.05) is 26.2 Å². The Bertz CT molecular complexity index is 203. The highest BCUT2D eigenvalue weighted by molar-refractivity contribution is 7.80. The molecule has 0 aromatic heterocycles. The second kappa shape index (κ2) is 6.40. The lowest BCUT2D eigenvalue weighted by molar-refractivity contribution is 0.0131. The third kappa shape index (κ3) is 4.45. The summed E-state index contributed by atoms with van der Waals surface area (Å²) in [4.78, 5) is 3.06. The fourth-order valence-corrected chi connectivity index (χ4v) is 2.05. The molecule has 1 unspecified atom stereocenters. The third-order valence-electron chi connectivity index (χ3n) is 2.95. The number of piperidine rings is 1. The van der Waals surface area contributed by atoms with Crippen molar-refractivity contribution in [1.82, 2.24) is 4.90 Å². The van der Waals surface area contributed by atoms with E-state index < -0.39 is 0 Å². The van der Waals surface area contributed by atoms with E-state index in [0.29, 0.717) is 17.0 Å². The predicted octanol–water partition coefficient (Wildman–Crippen LogP) is 1.41. The average Bonchev–Trinajstić information content (AvgIpc) is 2.21. The van der Waals surface area contributed by atoms with Crippen LogP contribution in [0.1, 0.15) is 26.7 Å². The Balaban J connectivity index is 2.22. The van der Waals surface area contributed by atoms with Crippen LogP contribution in [0.4, 0.5) is 0 Å². The molecule has 1 aliphatic heterocycles. The molecule has 1 heterocycles. The van der Waals surface area contributed by atoms with Crippen molar-refractivity contribution in [3.8, 4) is 0 Å². The van der Waals surface area contributed by atoms with Crippen LogP contribution in [0.5, 0.6) is 0 Å². The molecule has 0 saturated carbocycles. The van der Waals surface area contributed by atoms with Crippen LogP contribution in [0.3, 0.4) is 0 Å². The molecule has 0 aromatic carbocycles. The first-order valence-electron chi connectivity index (χ1n) is 5.76. The molecule has 0 radical (unpaired) electrons. The standard InChI is InChI=1S/C11H22N2OS/c1-3-14-10-4-6-13(7-5-10)8-9(2)11(12)15/h9-10H,3-8H2,1-2H3,(H2,12,15). The van der Waals surface area contributed by atoms with Gasteiger partial charge in [-0.2, -0.15) is 0 Å². The lowest BCUT2D eigenvalue weighted by Gasteiger charge is -2.33. The van der Waals surface area contributed by atoms with Crippen molar-refractivity contribution in [1.29, 1.82) is 0 Å². The highest BCUT2D eigenvalue weighted by Crippen LogP contribution is 2.14. The zero-order chi connectivity index (χ0) is 11.3. The second-order valence-corrected chi connectivity index (χ2v) is 4.73. The van der Waals surface area contributed by atoms with E-state index in [9.17, 15) is 0 Å². The first kappa shape index (κ1) is 12.9. The molecule has 0 aliphatic carbocycles. The van der Waals surface area contributed by atoms with Crippen LogP contribution in [-0.2, 0) is 4.74 Å². The van der Waals surface area contributed by atoms with Gasteiger partial charge in [0.2, 0.25) is 0 Å². The first-order valence-corrected chi connectivity index (χ1v) is 6.17. The number of rotatable bonds is 5. The molecule has 1 fully saturated rings. The molecule has 0 spiro atoms. The van der Waals surface area contributed by atoms with Crippen LogP contribution in [0, 0.1) is 5.92 Å². The van der Waals surface area contributed by atoms with Gasteiger partial charge in [0.1, 0.15) is 0 Å². The molecule has 1 atom stereocenters. The van der Waals surface area contributed by atoms with Crippen molar-refractivity contribution >= 4 is 17.2 Å². The summed E-state index contributed by atoms with van der Waals surface area (Å²) in [6.45, 7) is 8.19. The fraction of sp³-hybridized carbons (Fsp3) is 0.909. The Morgan fingerprint density at radius 2 is 2.13 bits per heavy atom.